The van der Waals surface area contributed by atoms with E-state index in [4.69, 9.17) is 5.73 Å². The molecule has 0 saturated carbocycles. The highest BCUT2D eigenvalue weighted by Gasteiger charge is 2.25. The average Bonchev–Trinajstić information content (AvgIpc) is 2.69. The average molecular weight is 204 g/mol. The number of rotatable bonds is 3. The van der Waals surface area contributed by atoms with Gasteiger partial charge >= 0.3 is 0 Å². The van der Waals surface area contributed by atoms with Crippen LogP contribution < -0.4 is 11.1 Å². The minimum absolute atomic E-state index is 0.581. The standard InChI is InChI=1S/C13H20N2/c1-10-2-4-11(5-3-10)8-13-12(9-14)6-7-15-13/h2-5,12-13,15H,6-9,14H2,1H3. The molecular formula is C13H20N2. The molecule has 2 nitrogen and oxygen atoms in total. The predicted octanol–water partition coefficient (Wildman–Crippen LogP) is 1.47. The van der Waals surface area contributed by atoms with E-state index >= 15 is 0 Å². The minimum atomic E-state index is 0.581. The van der Waals surface area contributed by atoms with Crippen molar-refractivity contribution < 1.29 is 0 Å². The van der Waals surface area contributed by atoms with Gasteiger partial charge in [0.2, 0.25) is 0 Å². The molecule has 0 bridgehead atoms. The van der Waals surface area contributed by atoms with Crippen molar-refractivity contribution in [2.45, 2.75) is 25.8 Å². The first-order chi connectivity index (χ1) is 7.29. The van der Waals surface area contributed by atoms with Gasteiger partial charge in [0, 0.05) is 6.04 Å². The fourth-order valence-corrected chi connectivity index (χ4v) is 2.32. The van der Waals surface area contributed by atoms with E-state index in [1.165, 1.54) is 17.5 Å². The van der Waals surface area contributed by atoms with Crippen LogP contribution in [0.3, 0.4) is 0 Å². The van der Waals surface area contributed by atoms with E-state index < -0.39 is 0 Å². The maximum absolute atomic E-state index is 5.76. The number of nitrogens with two attached hydrogens (primary N) is 1. The Morgan fingerprint density at radius 1 is 1.33 bits per heavy atom. The lowest BCUT2D eigenvalue weighted by atomic mass is 9.94. The molecule has 1 saturated heterocycles. The molecule has 0 radical (unpaired) electrons. The molecule has 0 amide bonds. The van der Waals surface area contributed by atoms with Crippen LogP contribution in [0, 0.1) is 12.8 Å². The van der Waals surface area contributed by atoms with Crippen LogP contribution in [0.15, 0.2) is 24.3 Å². The van der Waals surface area contributed by atoms with Crippen LogP contribution in [-0.4, -0.2) is 19.1 Å². The van der Waals surface area contributed by atoms with E-state index in [0.717, 1.165) is 19.5 Å². The Kier molecular flexibility index (Phi) is 3.39. The number of benzene rings is 1. The molecule has 0 aromatic heterocycles. The normalized spacial score (nSPS) is 25.7. The van der Waals surface area contributed by atoms with Crippen molar-refractivity contribution in [2.75, 3.05) is 13.1 Å². The molecule has 1 heterocycles. The molecule has 82 valence electrons. The molecule has 1 aromatic carbocycles. The summed E-state index contributed by atoms with van der Waals surface area (Å²) in [4.78, 5) is 0. The lowest BCUT2D eigenvalue weighted by Gasteiger charge is -2.17. The second kappa shape index (κ2) is 4.77. The molecular weight excluding hydrogens is 184 g/mol. The van der Waals surface area contributed by atoms with E-state index in [9.17, 15) is 0 Å². The van der Waals surface area contributed by atoms with E-state index in [0.29, 0.717) is 12.0 Å². The zero-order chi connectivity index (χ0) is 10.7. The highest BCUT2D eigenvalue weighted by Crippen LogP contribution is 2.18. The Bertz CT molecular complexity index is 305. The van der Waals surface area contributed by atoms with Gasteiger partial charge in [-0.3, -0.25) is 0 Å². The van der Waals surface area contributed by atoms with Gasteiger partial charge in [-0.25, -0.2) is 0 Å². The predicted molar refractivity (Wildman–Crippen MR) is 63.8 cm³/mol. The summed E-state index contributed by atoms with van der Waals surface area (Å²) in [5.74, 6) is 0.659. The number of aryl methyl sites for hydroxylation is 1. The lowest BCUT2D eigenvalue weighted by molar-refractivity contribution is 0.454. The highest BCUT2D eigenvalue weighted by molar-refractivity contribution is 5.22. The largest absolute Gasteiger partial charge is 0.330 e. The molecule has 2 rings (SSSR count). The van der Waals surface area contributed by atoms with Gasteiger partial charge in [-0.15, -0.1) is 0 Å². The Morgan fingerprint density at radius 2 is 2.07 bits per heavy atom. The molecule has 0 spiro atoms. The van der Waals surface area contributed by atoms with Gasteiger partial charge in [0.25, 0.3) is 0 Å². The van der Waals surface area contributed by atoms with Gasteiger partial charge in [0.1, 0.15) is 0 Å². The second-order valence-electron chi connectivity index (χ2n) is 4.53. The molecule has 2 atom stereocenters. The molecule has 1 fully saturated rings. The zero-order valence-corrected chi connectivity index (χ0v) is 9.37. The van der Waals surface area contributed by atoms with Gasteiger partial charge in [-0.1, -0.05) is 29.8 Å². The van der Waals surface area contributed by atoms with Gasteiger partial charge < -0.3 is 11.1 Å². The molecule has 2 heteroatoms. The van der Waals surface area contributed by atoms with Gasteiger partial charge in [-0.2, -0.15) is 0 Å². The third kappa shape index (κ3) is 2.58. The van der Waals surface area contributed by atoms with Crippen molar-refractivity contribution in [1.29, 1.82) is 0 Å². The third-order valence-corrected chi connectivity index (χ3v) is 3.37. The molecule has 2 unspecified atom stereocenters. The molecule has 1 aliphatic rings. The quantitative estimate of drug-likeness (QED) is 0.782. The topological polar surface area (TPSA) is 38.0 Å². The van der Waals surface area contributed by atoms with Crippen LogP contribution in [0.25, 0.3) is 0 Å². The first kappa shape index (κ1) is 10.7. The Hall–Kier alpha value is -0.860. The van der Waals surface area contributed by atoms with Crippen molar-refractivity contribution in [3.8, 4) is 0 Å². The summed E-state index contributed by atoms with van der Waals surface area (Å²) in [5, 5.41) is 3.54. The summed E-state index contributed by atoms with van der Waals surface area (Å²) in [7, 11) is 0. The van der Waals surface area contributed by atoms with Crippen LogP contribution >= 0.6 is 0 Å². The molecule has 1 aliphatic heterocycles. The fourth-order valence-electron chi connectivity index (χ4n) is 2.32. The molecule has 3 N–H and O–H groups in total. The maximum atomic E-state index is 5.76. The fraction of sp³-hybridized carbons (Fsp3) is 0.538. The highest BCUT2D eigenvalue weighted by atomic mass is 15.0. The Morgan fingerprint density at radius 3 is 2.73 bits per heavy atom. The minimum Gasteiger partial charge on any atom is -0.330 e. The number of hydrogen-bond donors (Lipinski definition) is 2. The zero-order valence-electron chi connectivity index (χ0n) is 9.37. The SMILES string of the molecule is Cc1ccc(CC2NCCC2CN)cc1. The molecule has 0 aliphatic carbocycles. The summed E-state index contributed by atoms with van der Waals surface area (Å²) < 4.78 is 0. The third-order valence-electron chi connectivity index (χ3n) is 3.37. The van der Waals surface area contributed by atoms with Crippen LogP contribution in [0.2, 0.25) is 0 Å². The van der Waals surface area contributed by atoms with Crippen LogP contribution in [0.4, 0.5) is 0 Å². The van der Waals surface area contributed by atoms with E-state index in [1.54, 1.807) is 0 Å². The van der Waals surface area contributed by atoms with E-state index in [1.807, 2.05) is 0 Å². The Labute approximate surface area is 91.9 Å². The van der Waals surface area contributed by atoms with E-state index in [-0.39, 0.29) is 0 Å². The van der Waals surface area contributed by atoms with E-state index in [2.05, 4.69) is 36.5 Å². The van der Waals surface area contributed by atoms with Crippen LogP contribution in [-0.2, 0) is 6.42 Å². The number of nitrogens with one attached hydrogen (secondary N) is 1. The van der Waals surface area contributed by atoms with Gasteiger partial charge in [0.05, 0.1) is 0 Å². The lowest BCUT2D eigenvalue weighted by Crippen LogP contribution is -2.32. The van der Waals surface area contributed by atoms with Crippen molar-refractivity contribution in [3.63, 3.8) is 0 Å². The van der Waals surface area contributed by atoms with Crippen molar-refractivity contribution >= 4 is 0 Å². The molecule has 1 aromatic rings. The smallest absolute Gasteiger partial charge is 0.0148 e. The Balaban J connectivity index is 1.99. The van der Waals surface area contributed by atoms with Crippen LogP contribution in [0.1, 0.15) is 17.5 Å². The van der Waals surface area contributed by atoms with Gasteiger partial charge in [-0.05, 0) is 44.3 Å². The summed E-state index contributed by atoms with van der Waals surface area (Å²) >= 11 is 0. The summed E-state index contributed by atoms with van der Waals surface area (Å²) in [6.45, 7) is 4.06. The summed E-state index contributed by atoms with van der Waals surface area (Å²) in [6, 6.07) is 9.40. The van der Waals surface area contributed by atoms with Crippen LogP contribution in [0.5, 0.6) is 0 Å². The van der Waals surface area contributed by atoms with Crippen molar-refractivity contribution in [3.05, 3.63) is 35.4 Å². The summed E-state index contributed by atoms with van der Waals surface area (Å²) in [6.07, 6.45) is 2.34. The maximum Gasteiger partial charge on any atom is 0.0148 e. The second-order valence-corrected chi connectivity index (χ2v) is 4.53. The number of hydrogen-bond acceptors (Lipinski definition) is 2. The van der Waals surface area contributed by atoms with Crippen molar-refractivity contribution in [2.24, 2.45) is 11.7 Å². The van der Waals surface area contributed by atoms with Gasteiger partial charge in [0.15, 0.2) is 0 Å². The first-order valence-electron chi connectivity index (χ1n) is 5.78. The summed E-state index contributed by atoms with van der Waals surface area (Å²) in [5.41, 5.74) is 8.50. The first-order valence-corrected chi connectivity index (χ1v) is 5.78. The monoisotopic (exact) mass is 204 g/mol. The molecule has 15 heavy (non-hydrogen) atoms. The van der Waals surface area contributed by atoms with Crippen molar-refractivity contribution in [1.82, 2.24) is 5.32 Å².